The molecule has 76 valence electrons. The second-order valence-electron chi connectivity index (χ2n) is 3.49. The highest BCUT2D eigenvalue weighted by atomic mass is 79.9. The lowest BCUT2D eigenvalue weighted by molar-refractivity contribution is 0.0704. The molecule has 0 saturated carbocycles. The Morgan fingerprint density at radius 3 is 2.93 bits per heavy atom. The molecule has 0 spiro atoms. The van der Waals surface area contributed by atoms with Crippen LogP contribution in [0.5, 0.6) is 0 Å². The molecule has 0 saturated heterocycles. The summed E-state index contributed by atoms with van der Waals surface area (Å²) in [7, 11) is 0. The monoisotopic (exact) mass is 256 g/mol. The third-order valence-corrected chi connectivity index (χ3v) is 3.21. The van der Waals surface area contributed by atoms with E-state index in [2.05, 4.69) is 22.9 Å². The van der Waals surface area contributed by atoms with E-state index in [0.717, 1.165) is 36.4 Å². The Labute approximate surface area is 91.8 Å². The van der Waals surface area contributed by atoms with Gasteiger partial charge in [-0.05, 0) is 34.5 Å². The molecule has 0 radical (unpaired) electrons. The van der Waals surface area contributed by atoms with E-state index in [9.17, 15) is 4.79 Å². The van der Waals surface area contributed by atoms with Crippen LogP contribution >= 0.6 is 15.9 Å². The number of aromatic nitrogens is 1. The number of carbonyl (C=O) groups is 1. The molecule has 0 atom stereocenters. The fourth-order valence-electron chi connectivity index (χ4n) is 1.82. The number of halogens is 1. The molecule has 0 unspecified atom stereocenters. The number of carbonyl (C=O) groups excluding carboxylic acids is 1. The summed E-state index contributed by atoms with van der Waals surface area (Å²) < 4.78 is 3.02. The molecule has 3 nitrogen and oxygen atoms in total. The van der Waals surface area contributed by atoms with Crippen LogP contribution in [0.1, 0.15) is 23.8 Å². The predicted molar refractivity (Wildman–Crippen MR) is 58.3 cm³/mol. The average molecular weight is 257 g/mol. The van der Waals surface area contributed by atoms with Gasteiger partial charge in [0.15, 0.2) is 0 Å². The third kappa shape index (κ3) is 1.47. The highest BCUT2D eigenvalue weighted by Gasteiger charge is 2.24. The molecule has 1 amide bonds. The van der Waals surface area contributed by atoms with Gasteiger partial charge in [0.2, 0.25) is 0 Å². The van der Waals surface area contributed by atoms with Gasteiger partial charge < -0.3 is 9.47 Å². The number of fused-ring (bicyclic) bond motifs is 1. The van der Waals surface area contributed by atoms with Crippen LogP contribution in [0.3, 0.4) is 0 Å². The third-order valence-electron chi connectivity index (χ3n) is 2.52. The van der Waals surface area contributed by atoms with E-state index in [1.807, 2.05) is 21.6 Å². The zero-order valence-electron chi connectivity index (χ0n) is 8.16. The summed E-state index contributed by atoms with van der Waals surface area (Å²) in [6.45, 7) is 4.68. The van der Waals surface area contributed by atoms with Gasteiger partial charge in [-0.25, -0.2) is 0 Å². The number of amides is 1. The Kier molecular flexibility index (Phi) is 2.63. The molecule has 0 aliphatic carbocycles. The number of rotatable bonds is 2. The molecular weight excluding hydrogens is 244 g/mol. The van der Waals surface area contributed by atoms with E-state index in [-0.39, 0.29) is 5.91 Å². The van der Waals surface area contributed by atoms with Crippen molar-refractivity contribution in [1.29, 1.82) is 0 Å². The minimum atomic E-state index is 0.156. The summed E-state index contributed by atoms with van der Waals surface area (Å²) in [4.78, 5) is 13.8. The fourth-order valence-corrected chi connectivity index (χ4v) is 2.32. The first-order valence-electron chi connectivity index (χ1n) is 4.88. The first-order valence-corrected chi connectivity index (χ1v) is 5.67. The maximum absolute atomic E-state index is 11.9. The first kappa shape index (κ1) is 9.77. The summed E-state index contributed by atoms with van der Waals surface area (Å²) in [5, 5.41) is 0. The van der Waals surface area contributed by atoms with Gasteiger partial charge in [-0.3, -0.25) is 4.79 Å². The van der Waals surface area contributed by atoms with Crippen molar-refractivity contribution < 1.29 is 4.79 Å². The van der Waals surface area contributed by atoms with Crippen LogP contribution in [-0.2, 0) is 6.54 Å². The summed E-state index contributed by atoms with van der Waals surface area (Å²) in [5.41, 5.74) is 0.802. The first-order chi connectivity index (χ1) is 6.74. The SMILES string of the molecule is CCCN1CCn2c(Br)ccc2C1=O. The molecular formula is C10H13BrN2O. The number of nitrogens with zero attached hydrogens (tertiary/aromatic N) is 2. The van der Waals surface area contributed by atoms with Gasteiger partial charge in [0, 0.05) is 19.6 Å². The summed E-state index contributed by atoms with van der Waals surface area (Å²) in [5.74, 6) is 0.156. The lowest BCUT2D eigenvalue weighted by Gasteiger charge is -2.28. The topological polar surface area (TPSA) is 25.2 Å². The van der Waals surface area contributed by atoms with Crippen molar-refractivity contribution in [2.45, 2.75) is 19.9 Å². The molecule has 1 aromatic rings. The molecule has 0 N–H and O–H groups in total. The van der Waals surface area contributed by atoms with E-state index in [1.165, 1.54) is 0 Å². The Morgan fingerprint density at radius 2 is 2.21 bits per heavy atom. The van der Waals surface area contributed by atoms with E-state index < -0.39 is 0 Å². The predicted octanol–water partition coefficient (Wildman–Crippen LogP) is 2.12. The molecule has 2 rings (SSSR count). The average Bonchev–Trinajstić information content (AvgIpc) is 2.54. The van der Waals surface area contributed by atoms with Gasteiger partial charge in [0.25, 0.3) is 5.91 Å². The van der Waals surface area contributed by atoms with Crippen molar-refractivity contribution >= 4 is 21.8 Å². The van der Waals surface area contributed by atoms with Crippen LogP contribution in [0.15, 0.2) is 16.7 Å². The Balaban J connectivity index is 2.28. The van der Waals surface area contributed by atoms with E-state index in [1.54, 1.807) is 0 Å². The normalized spacial score (nSPS) is 15.9. The summed E-state index contributed by atoms with van der Waals surface area (Å²) in [6, 6.07) is 3.82. The zero-order valence-corrected chi connectivity index (χ0v) is 9.75. The van der Waals surface area contributed by atoms with Crippen LogP contribution in [0.2, 0.25) is 0 Å². The highest BCUT2D eigenvalue weighted by molar-refractivity contribution is 9.10. The zero-order chi connectivity index (χ0) is 10.1. The number of hydrogen-bond acceptors (Lipinski definition) is 1. The maximum atomic E-state index is 11.9. The summed E-state index contributed by atoms with van der Waals surface area (Å²) >= 11 is 3.43. The molecule has 2 heterocycles. The van der Waals surface area contributed by atoms with Gasteiger partial charge in [-0.1, -0.05) is 6.92 Å². The van der Waals surface area contributed by atoms with Crippen LogP contribution in [-0.4, -0.2) is 28.5 Å². The molecule has 0 fully saturated rings. The molecule has 0 aromatic carbocycles. The number of hydrogen-bond donors (Lipinski definition) is 0. The summed E-state index contributed by atoms with van der Waals surface area (Å²) in [6.07, 6.45) is 1.02. The fraction of sp³-hybridized carbons (Fsp3) is 0.500. The molecule has 4 heteroatoms. The molecule has 1 aliphatic heterocycles. The van der Waals surface area contributed by atoms with Crippen molar-refractivity contribution in [2.24, 2.45) is 0 Å². The minimum absolute atomic E-state index is 0.156. The molecule has 0 bridgehead atoms. The van der Waals surface area contributed by atoms with E-state index >= 15 is 0 Å². The van der Waals surface area contributed by atoms with Gasteiger partial charge in [0.1, 0.15) is 5.69 Å². The lowest BCUT2D eigenvalue weighted by atomic mass is 10.2. The van der Waals surface area contributed by atoms with Crippen LogP contribution < -0.4 is 0 Å². The molecule has 14 heavy (non-hydrogen) atoms. The Bertz CT molecular complexity index is 359. The second-order valence-corrected chi connectivity index (χ2v) is 4.30. The van der Waals surface area contributed by atoms with Crippen LogP contribution in [0.4, 0.5) is 0 Å². The van der Waals surface area contributed by atoms with Gasteiger partial charge in [-0.2, -0.15) is 0 Å². The lowest BCUT2D eigenvalue weighted by Crippen LogP contribution is -2.40. The van der Waals surface area contributed by atoms with Gasteiger partial charge in [-0.15, -0.1) is 0 Å². The van der Waals surface area contributed by atoms with Crippen molar-refractivity contribution in [2.75, 3.05) is 13.1 Å². The van der Waals surface area contributed by atoms with Crippen molar-refractivity contribution in [3.8, 4) is 0 Å². The van der Waals surface area contributed by atoms with Gasteiger partial charge >= 0.3 is 0 Å². The maximum Gasteiger partial charge on any atom is 0.270 e. The van der Waals surface area contributed by atoms with Crippen LogP contribution in [0, 0.1) is 0 Å². The highest BCUT2D eigenvalue weighted by Crippen LogP contribution is 2.20. The largest absolute Gasteiger partial charge is 0.336 e. The van der Waals surface area contributed by atoms with E-state index in [4.69, 9.17) is 0 Å². The van der Waals surface area contributed by atoms with Crippen molar-refractivity contribution in [3.05, 3.63) is 22.4 Å². The minimum Gasteiger partial charge on any atom is -0.336 e. The standard InChI is InChI=1S/C10H13BrN2O/c1-2-5-12-6-7-13-8(10(12)14)3-4-9(13)11/h3-4H,2,5-7H2,1H3. The van der Waals surface area contributed by atoms with E-state index in [0.29, 0.717) is 0 Å². The smallest absolute Gasteiger partial charge is 0.270 e. The van der Waals surface area contributed by atoms with Crippen LogP contribution in [0.25, 0.3) is 0 Å². The second kappa shape index (κ2) is 3.77. The molecule has 1 aliphatic rings. The van der Waals surface area contributed by atoms with Gasteiger partial charge in [0.05, 0.1) is 4.60 Å². The quantitative estimate of drug-likeness (QED) is 0.796. The molecule has 1 aromatic heterocycles. The Morgan fingerprint density at radius 1 is 1.43 bits per heavy atom. The van der Waals surface area contributed by atoms with Crippen molar-refractivity contribution in [3.63, 3.8) is 0 Å². The van der Waals surface area contributed by atoms with Crippen molar-refractivity contribution in [1.82, 2.24) is 9.47 Å². The Hall–Kier alpha value is -0.770.